The van der Waals surface area contributed by atoms with Gasteiger partial charge in [0.15, 0.2) is 5.82 Å². The van der Waals surface area contributed by atoms with E-state index in [1.165, 1.54) is 0 Å². The molecule has 1 atom stereocenters. The van der Waals surface area contributed by atoms with Gasteiger partial charge >= 0.3 is 0 Å². The predicted molar refractivity (Wildman–Crippen MR) is 98.4 cm³/mol. The fourth-order valence-corrected chi connectivity index (χ4v) is 3.26. The Hall–Kier alpha value is -3.19. The standard InChI is InChI=1S/C18H15ClN6O/c1-10-14(16(20)26)15(11-5-7-21-8-6-11)25-18(22-10)23-17(24-25)12-3-2-4-13(19)9-12/h2-9,15H,1H3,(H2,20,26)(H,22,23,24)/t15-/m1/s1. The summed E-state index contributed by atoms with van der Waals surface area (Å²) in [5.74, 6) is 0.527. The Bertz CT molecular complexity index is 1030. The highest BCUT2D eigenvalue weighted by molar-refractivity contribution is 6.30. The first-order valence-corrected chi connectivity index (χ1v) is 8.32. The number of amides is 1. The summed E-state index contributed by atoms with van der Waals surface area (Å²) in [6.07, 6.45) is 3.33. The Morgan fingerprint density at radius 3 is 2.73 bits per heavy atom. The Morgan fingerprint density at radius 1 is 1.27 bits per heavy atom. The van der Waals surface area contributed by atoms with Crippen molar-refractivity contribution in [3.05, 3.63) is 70.6 Å². The minimum Gasteiger partial charge on any atom is -0.366 e. The van der Waals surface area contributed by atoms with Crippen LogP contribution in [0.15, 0.2) is 60.1 Å². The second-order valence-corrected chi connectivity index (χ2v) is 6.36. The van der Waals surface area contributed by atoms with Crippen molar-refractivity contribution in [3.8, 4) is 11.4 Å². The molecule has 0 aliphatic carbocycles. The number of fused-ring (bicyclic) bond motifs is 1. The number of carbonyl (C=O) groups is 1. The highest BCUT2D eigenvalue weighted by atomic mass is 35.5. The average molecular weight is 367 g/mol. The van der Waals surface area contributed by atoms with Crippen LogP contribution in [0.1, 0.15) is 18.5 Å². The molecule has 3 aromatic rings. The molecular formula is C18H15ClN6O. The zero-order chi connectivity index (χ0) is 18.3. The van der Waals surface area contributed by atoms with E-state index >= 15 is 0 Å². The van der Waals surface area contributed by atoms with Gasteiger partial charge in [-0.1, -0.05) is 23.7 Å². The summed E-state index contributed by atoms with van der Waals surface area (Å²) in [6.45, 7) is 1.80. The number of anilines is 1. The van der Waals surface area contributed by atoms with Gasteiger partial charge in [0, 0.05) is 28.7 Å². The number of benzene rings is 1. The topological polar surface area (TPSA) is 98.7 Å². The van der Waals surface area contributed by atoms with Gasteiger partial charge in [-0.15, -0.1) is 5.10 Å². The lowest BCUT2D eigenvalue weighted by atomic mass is 9.96. The monoisotopic (exact) mass is 366 g/mol. The summed E-state index contributed by atoms with van der Waals surface area (Å²) in [4.78, 5) is 20.7. The van der Waals surface area contributed by atoms with E-state index in [0.29, 0.717) is 28.1 Å². The number of rotatable bonds is 3. The zero-order valence-electron chi connectivity index (χ0n) is 13.8. The van der Waals surface area contributed by atoms with Crippen LogP contribution in [0.2, 0.25) is 5.02 Å². The number of carbonyl (C=O) groups excluding carboxylic acids is 1. The fraction of sp³-hybridized carbons (Fsp3) is 0.111. The molecule has 1 amide bonds. The number of aromatic nitrogens is 4. The van der Waals surface area contributed by atoms with Gasteiger partial charge in [-0.2, -0.15) is 4.98 Å². The molecule has 130 valence electrons. The molecule has 0 saturated heterocycles. The van der Waals surface area contributed by atoms with Gasteiger partial charge in [0.2, 0.25) is 11.9 Å². The molecule has 0 unspecified atom stereocenters. The first kappa shape index (κ1) is 16.3. The maximum Gasteiger partial charge on any atom is 0.248 e. The molecule has 0 radical (unpaired) electrons. The van der Waals surface area contributed by atoms with Crippen molar-refractivity contribution in [2.24, 2.45) is 5.73 Å². The summed E-state index contributed by atoms with van der Waals surface area (Å²) < 4.78 is 1.67. The van der Waals surface area contributed by atoms with E-state index in [4.69, 9.17) is 17.3 Å². The highest BCUT2D eigenvalue weighted by Crippen LogP contribution is 2.35. The molecule has 3 heterocycles. The summed E-state index contributed by atoms with van der Waals surface area (Å²) in [5, 5.41) is 8.32. The molecule has 3 N–H and O–H groups in total. The number of hydrogen-bond donors (Lipinski definition) is 2. The van der Waals surface area contributed by atoms with E-state index in [0.717, 1.165) is 11.1 Å². The van der Waals surface area contributed by atoms with Crippen LogP contribution in [0, 0.1) is 0 Å². The van der Waals surface area contributed by atoms with Crippen LogP contribution in [-0.4, -0.2) is 25.7 Å². The highest BCUT2D eigenvalue weighted by Gasteiger charge is 2.33. The van der Waals surface area contributed by atoms with E-state index in [1.54, 1.807) is 36.1 Å². The molecule has 26 heavy (non-hydrogen) atoms. The SMILES string of the molecule is CC1=C(C(N)=O)[C@@H](c2ccncc2)n2nc(-c3cccc(Cl)c3)nc2N1. The Kier molecular flexibility index (Phi) is 3.93. The molecule has 0 saturated carbocycles. The number of nitrogens with one attached hydrogen (secondary N) is 1. The van der Waals surface area contributed by atoms with Crippen molar-refractivity contribution in [3.63, 3.8) is 0 Å². The number of allylic oxidation sites excluding steroid dienone is 1. The molecular weight excluding hydrogens is 352 g/mol. The molecule has 0 spiro atoms. The molecule has 1 aromatic carbocycles. The van der Waals surface area contributed by atoms with E-state index in [9.17, 15) is 4.79 Å². The third-order valence-electron chi connectivity index (χ3n) is 4.22. The van der Waals surface area contributed by atoms with Crippen molar-refractivity contribution in [2.45, 2.75) is 13.0 Å². The van der Waals surface area contributed by atoms with Crippen LogP contribution < -0.4 is 11.1 Å². The number of primary amides is 1. The smallest absolute Gasteiger partial charge is 0.248 e. The van der Waals surface area contributed by atoms with E-state index < -0.39 is 11.9 Å². The number of nitrogens with zero attached hydrogens (tertiary/aromatic N) is 4. The van der Waals surface area contributed by atoms with Gasteiger partial charge in [0.05, 0.1) is 5.57 Å². The second kappa shape index (κ2) is 6.27. The molecule has 1 aliphatic heterocycles. The van der Waals surface area contributed by atoms with Crippen molar-refractivity contribution in [1.82, 2.24) is 19.7 Å². The maximum atomic E-state index is 12.1. The van der Waals surface area contributed by atoms with E-state index in [-0.39, 0.29) is 0 Å². The Labute approximate surface area is 154 Å². The Balaban J connectivity index is 1.89. The normalized spacial score (nSPS) is 16.2. The van der Waals surface area contributed by atoms with Crippen LogP contribution >= 0.6 is 11.6 Å². The zero-order valence-corrected chi connectivity index (χ0v) is 14.6. The number of pyridine rings is 1. The van der Waals surface area contributed by atoms with Gasteiger partial charge in [-0.25, -0.2) is 4.68 Å². The van der Waals surface area contributed by atoms with E-state index in [2.05, 4.69) is 20.4 Å². The quantitative estimate of drug-likeness (QED) is 0.742. The molecule has 0 bridgehead atoms. The third kappa shape index (κ3) is 2.72. The van der Waals surface area contributed by atoms with E-state index in [1.807, 2.05) is 24.3 Å². The minimum absolute atomic E-state index is 0.436. The summed E-state index contributed by atoms with van der Waals surface area (Å²) in [7, 11) is 0. The average Bonchev–Trinajstić information content (AvgIpc) is 3.04. The maximum absolute atomic E-state index is 12.1. The number of nitrogens with two attached hydrogens (primary N) is 1. The molecule has 2 aromatic heterocycles. The fourth-order valence-electron chi connectivity index (χ4n) is 3.07. The first-order chi connectivity index (χ1) is 12.5. The molecule has 0 fully saturated rings. The molecule has 8 heteroatoms. The van der Waals surface area contributed by atoms with Crippen molar-refractivity contribution < 1.29 is 4.79 Å². The van der Waals surface area contributed by atoms with Crippen LogP contribution in [0.4, 0.5) is 5.95 Å². The molecule has 1 aliphatic rings. The van der Waals surface area contributed by atoms with Gasteiger partial charge in [0.25, 0.3) is 0 Å². The third-order valence-corrected chi connectivity index (χ3v) is 4.46. The van der Waals surface area contributed by atoms with Crippen molar-refractivity contribution in [2.75, 3.05) is 5.32 Å². The molecule has 4 rings (SSSR count). The summed E-state index contributed by atoms with van der Waals surface area (Å²) in [6, 6.07) is 10.5. The van der Waals surface area contributed by atoms with Gasteiger partial charge < -0.3 is 11.1 Å². The predicted octanol–water partition coefficient (Wildman–Crippen LogP) is 2.77. The second-order valence-electron chi connectivity index (χ2n) is 5.92. The number of hydrogen-bond acceptors (Lipinski definition) is 5. The van der Waals surface area contributed by atoms with Crippen LogP contribution in [0.25, 0.3) is 11.4 Å². The Morgan fingerprint density at radius 2 is 2.04 bits per heavy atom. The lowest BCUT2D eigenvalue weighted by Gasteiger charge is -2.27. The van der Waals surface area contributed by atoms with Gasteiger partial charge in [0.1, 0.15) is 6.04 Å². The van der Waals surface area contributed by atoms with Crippen LogP contribution in [0.3, 0.4) is 0 Å². The molecule has 7 nitrogen and oxygen atoms in total. The lowest BCUT2D eigenvalue weighted by Crippen LogP contribution is -2.31. The summed E-state index contributed by atoms with van der Waals surface area (Å²) in [5.41, 5.74) is 8.37. The van der Waals surface area contributed by atoms with Gasteiger partial charge in [-0.3, -0.25) is 9.78 Å². The largest absolute Gasteiger partial charge is 0.366 e. The van der Waals surface area contributed by atoms with Crippen LogP contribution in [-0.2, 0) is 4.79 Å². The first-order valence-electron chi connectivity index (χ1n) is 7.94. The van der Waals surface area contributed by atoms with Crippen molar-refractivity contribution >= 4 is 23.5 Å². The van der Waals surface area contributed by atoms with Crippen molar-refractivity contribution in [1.29, 1.82) is 0 Å². The van der Waals surface area contributed by atoms with Crippen LogP contribution in [0.5, 0.6) is 0 Å². The minimum atomic E-state index is -0.512. The lowest BCUT2D eigenvalue weighted by molar-refractivity contribution is -0.115. The summed E-state index contributed by atoms with van der Waals surface area (Å²) >= 11 is 6.08. The number of halogens is 1. The van der Waals surface area contributed by atoms with Gasteiger partial charge in [-0.05, 0) is 36.8 Å².